The third-order valence-corrected chi connectivity index (χ3v) is 3.59. The van der Waals surface area contributed by atoms with E-state index in [1.165, 1.54) is 12.1 Å². The van der Waals surface area contributed by atoms with Crippen LogP contribution in [0.15, 0.2) is 30.3 Å². The van der Waals surface area contributed by atoms with Gasteiger partial charge >= 0.3 is 16.4 Å². The van der Waals surface area contributed by atoms with Crippen molar-refractivity contribution in [1.82, 2.24) is 0 Å². The smallest absolute Gasteiger partial charge is 0.353 e. The van der Waals surface area contributed by atoms with E-state index in [1.807, 2.05) is 0 Å². The number of carbonyl (C=O) groups excluding carboxylic acids is 1. The van der Waals surface area contributed by atoms with Gasteiger partial charge in [0.15, 0.2) is 0 Å². The first-order valence-electron chi connectivity index (χ1n) is 7.11. The number of hydrogen-bond acceptors (Lipinski definition) is 5. The predicted octanol–water partition coefficient (Wildman–Crippen LogP) is 3.46. The first kappa shape index (κ1) is 17.5. The second-order valence-corrected chi connectivity index (χ2v) is 6.40. The van der Waals surface area contributed by atoms with Gasteiger partial charge in [-0.15, -0.1) is 8.42 Å². The molecule has 1 aromatic carbocycles. The molecule has 0 saturated heterocycles. The van der Waals surface area contributed by atoms with Gasteiger partial charge in [0, 0.05) is 6.42 Å². The summed E-state index contributed by atoms with van der Waals surface area (Å²) in [6, 6.07) is 7.92. The van der Waals surface area contributed by atoms with Gasteiger partial charge in [-0.1, -0.05) is 51.3 Å². The maximum absolute atomic E-state index is 11.5. The third kappa shape index (κ3) is 8.34. The van der Waals surface area contributed by atoms with E-state index in [1.54, 1.807) is 18.2 Å². The van der Waals surface area contributed by atoms with Crippen LogP contribution >= 0.6 is 0 Å². The predicted molar refractivity (Wildman–Crippen MR) is 80.0 cm³/mol. The van der Waals surface area contributed by atoms with Crippen LogP contribution in [0.3, 0.4) is 0 Å². The molecule has 0 amide bonds. The lowest BCUT2D eigenvalue weighted by Crippen LogP contribution is -2.18. The molecule has 0 saturated carbocycles. The van der Waals surface area contributed by atoms with E-state index in [-0.39, 0.29) is 12.2 Å². The minimum atomic E-state index is -4.34. The van der Waals surface area contributed by atoms with Crippen LogP contribution in [0.2, 0.25) is 0 Å². The summed E-state index contributed by atoms with van der Waals surface area (Å²) in [4.78, 5) is 11.5. The molecule has 0 atom stereocenters. The molecule has 0 spiro atoms. The lowest BCUT2D eigenvalue weighted by Gasteiger charge is -2.07. The Balaban J connectivity index is 2.29. The molecule has 0 aliphatic rings. The summed E-state index contributed by atoms with van der Waals surface area (Å²) >= 11 is 0. The molecule has 0 bridgehead atoms. The summed E-state index contributed by atoms with van der Waals surface area (Å²) in [6.45, 7) is 4.28. The second kappa shape index (κ2) is 8.67. The van der Waals surface area contributed by atoms with Crippen LogP contribution in [-0.4, -0.2) is 14.4 Å². The Morgan fingerprint density at radius 2 is 1.76 bits per heavy atom. The van der Waals surface area contributed by atoms with E-state index in [0.717, 1.165) is 19.3 Å². The van der Waals surface area contributed by atoms with Crippen molar-refractivity contribution in [3.05, 3.63) is 30.3 Å². The van der Waals surface area contributed by atoms with Crippen molar-refractivity contribution in [3.8, 4) is 5.75 Å². The van der Waals surface area contributed by atoms with Gasteiger partial charge in [-0.3, -0.25) is 4.79 Å². The minimum Gasteiger partial charge on any atom is -0.353 e. The average Bonchev–Trinajstić information content (AvgIpc) is 2.37. The zero-order chi connectivity index (χ0) is 15.7. The summed E-state index contributed by atoms with van der Waals surface area (Å²) < 4.78 is 32.1. The van der Waals surface area contributed by atoms with Crippen molar-refractivity contribution >= 4 is 16.4 Å². The molecule has 0 unspecified atom stereocenters. The number of carbonyl (C=O) groups is 1. The van der Waals surface area contributed by atoms with E-state index in [2.05, 4.69) is 22.2 Å². The van der Waals surface area contributed by atoms with Gasteiger partial charge < -0.3 is 8.37 Å². The van der Waals surface area contributed by atoms with E-state index in [4.69, 9.17) is 0 Å². The van der Waals surface area contributed by atoms with Gasteiger partial charge in [0.05, 0.1) is 0 Å². The van der Waals surface area contributed by atoms with Crippen molar-refractivity contribution in [2.45, 2.75) is 46.0 Å². The van der Waals surface area contributed by atoms with E-state index < -0.39 is 16.4 Å². The lowest BCUT2D eigenvalue weighted by molar-refractivity contribution is -0.134. The largest absolute Gasteiger partial charge is 0.503 e. The zero-order valence-electron chi connectivity index (χ0n) is 12.4. The molecule has 5 nitrogen and oxygen atoms in total. The first-order chi connectivity index (χ1) is 9.89. The molecular formula is C15H22O5S. The van der Waals surface area contributed by atoms with Crippen molar-refractivity contribution in [2.24, 2.45) is 5.92 Å². The molecule has 6 heteroatoms. The topological polar surface area (TPSA) is 69.7 Å². The fraction of sp³-hybridized carbons (Fsp3) is 0.533. The Bertz CT molecular complexity index is 522. The van der Waals surface area contributed by atoms with Gasteiger partial charge in [-0.05, 0) is 24.5 Å². The quantitative estimate of drug-likeness (QED) is 0.653. The van der Waals surface area contributed by atoms with Crippen molar-refractivity contribution < 1.29 is 21.6 Å². The molecule has 0 aromatic heterocycles. The van der Waals surface area contributed by atoms with Crippen LogP contribution in [0, 0.1) is 5.92 Å². The lowest BCUT2D eigenvalue weighted by atomic mass is 10.0. The van der Waals surface area contributed by atoms with Crippen LogP contribution < -0.4 is 4.18 Å². The Kier molecular flexibility index (Phi) is 7.22. The Hall–Kier alpha value is -1.56. The van der Waals surface area contributed by atoms with Gasteiger partial charge in [-0.2, -0.15) is 0 Å². The second-order valence-electron chi connectivity index (χ2n) is 5.25. The molecule has 1 aromatic rings. The van der Waals surface area contributed by atoms with E-state index >= 15 is 0 Å². The summed E-state index contributed by atoms with van der Waals surface area (Å²) in [5.74, 6) is -0.0330. The van der Waals surface area contributed by atoms with E-state index in [9.17, 15) is 13.2 Å². The highest BCUT2D eigenvalue weighted by atomic mass is 32.3. The SMILES string of the molecule is CC(C)CCCCCC(=O)OS(=O)(=O)Oc1ccccc1. The minimum absolute atomic E-state index is 0.0788. The summed E-state index contributed by atoms with van der Waals surface area (Å²) in [6.07, 6.45) is 3.71. The maximum Gasteiger partial charge on any atom is 0.503 e. The highest BCUT2D eigenvalue weighted by Gasteiger charge is 2.19. The van der Waals surface area contributed by atoms with Crippen LogP contribution in [0.4, 0.5) is 0 Å². The highest BCUT2D eigenvalue weighted by Crippen LogP contribution is 2.14. The monoisotopic (exact) mass is 314 g/mol. The van der Waals surface area contributed by atoms with Gasteiger partial charge in [-0.25, -0.2) is 0 Å². The van der Waals surface area contributed by atoms with Crippen LogP contribution in [0.25, 0.3) is 0 Å². The maximum atomic E-state index is 11.5. The van der Waals surface area contributed by atoms with Crippen molar-refractivity contribution in [2.75, 3.05) is 0 Å². The third-order valence-electron chi connectivity index (χ3n) is 2.80. The van der Waals surface area contributed by atoms with Gasteiger partial charge in [0.25, 0.3) is 0 Å². The van der Waals surface area contributed by atoms with Crippen molar-refractivity contribution in [1.29, 1.82) is 0 Å². The number of para-hydroxylation sites is 1. The van der Waals surface area contributed by atoms with E-state index in [0.29, 0.717) is 12.3 Å². The zero-order valence-corrected chi connectivity index (χ0v) is 13.3. The first-order valence-corrected chi connectivity index (χ1v) is 8.44. The fourth-order valence-electron chi connectivity index (χ4n) is 1.77. The number of benzene rings is 1. The van der Waals surface area contributed by atoms with Crippen LogP contribution in [0.5, 0.6) is 5.75 Å². The number of unbranched alkanes of at least 4 members (excludes halogenated alkanes) is 2. The summed E-state index contributed by atoms with van der Waals surface area (Å²) in [5, 5.41) is 0. The summed E-state index contributed by atoms with van der Waals surface area (Å²) in [7, 11) is -4.34. The molecule has 0 radical (unpaired) electrons. The standard InChI is InChI=1S/C15H22O5S/c1-13(2)9-5-3-8-12-15(16)20-21(17,18)19-14-10-6-4-7-11-14/h4,6-7,10-11,13H,3,5,8-9,12H2,1-2H3. The Morgan fingerprint density at radius 1 is 1.10 bits per heavy atom. The molecule has 21 heavy (non-hydrogen) atoms. The molecule has 118 valence electrons. The number of hydrogen-bond donors (Lipinski definition) is 0. The molecule has 0 fully saturated rings. The fourth-order valence-corrected chi connectivity index (χ4v) is 2.46. The van der Waals surface area contributed by atoms with Crippen LogP contribution in [-0.2, 0) is 19.4 Å². The van der Waals surface area contributed by atoms with Crippen LogP contribution in [0.1, 0.15) is 46.0 Å². The molecular weight excluding hydrogens is 292 g/mol. The molecule has 1 rings (SSSR count). The average molecular weight is 314 g/mol. The normalized spacial score (nSPS) is 11.4. The summed E-state index contributed by atoms with van der Waals surface area (Å²) in [5.41, 5.74) is 0. The highest BCUT2D eigenvalue weighted by molar-refractivity contribution is 7.82. The van der Waals surface area contributed by atoms with Gasteiger partial charge in [0.1, 0.15) is 5.75 Å². The Morgan fingerprint density at radius 3 is 2.38 bits per heavy atom. The molecule has 0 N–H and O–H groups in total. The molecule has 0 heterocycles. The van der Waals surface area contributed by atoms with Crippen molar-refractivity contribution in [3.63, 3.8) is 0 Å². The molecule has 0 aliphatic heterocycles. The van der Waals surface area contributed by atoms with Gasteiger partial charge in [0.2, 0.25) is 0 Å². The number of rotatable bonds is 9. The Labute approximate surface area is 126 Å². The molecule has 0 aliphatic carbocycles.